The largest absolute Gasteiger partial charge is 0.465 e. The number of methoxy groups -OCH3 is 1. The molecule has 0 bridgehead atoms. The summed E-state index contributed by atoms with van der Waals surface area (Å²) in [5.41, 5.74) is 4.15. The molecule has 0 saturated carbocycles. The average molecular weight is 351 g/mol. The van der Waals surface area contributed by atoms with E-state index < -0.39 is 0 Å². The van der Waals surface area contributed by atoms with E-state index in [1.54, 1.807) is 12.1 Å². The van der Waals surface area contributed by atoms with Gasteiger partial charge in [0.15, 0.2) is 0 Å². The molecule has 2 atom stereocenters. The molecule has 4 nitrogen and oxygen atoms in total. The van der Waals surface area contributed by atoms with Crippen molar-refractivity contribution in [1.82, 2.24) is 5.32 Å². The number of esters is 1. The lowest BCUT2D eigenvalue weighted by atomic mass is 9.87. The van der Waals surface area contributed by atoms with Crippen molar-refractivity contribution in [2.75, 3.05) is 7.11 Å². The van der Waals surface area contributed by atoms with Crippen molar-refractivity contribution in [2.24, 2.45) is 5.92 Å². The smallest absolute Gasteiger partial charge is 0.337 e. The highest BCUT2D eigenvalue weighted by atomic mass is 16.5. The van der Waals surface area contributed by atoms with Crippen LogP contribution < -0.4 is 5.32 Å². The zero-order valence-corrected chi connectivity index (χ0v) is 15.3. The number of amides is 1. The van der Waals surface area contributed by atoms with E-state index >= 15 is 0 Å². The van der Waals surface area contributed by atoms with Crippen LogP contribution in [0.15, 0.2) is 48.5 Å². The fourth-order valence-corrected chi connectivity index (χ4v) is 3.56. The summed E-state index contributed by atoms with van der Waals surface area (Å²) in [7, 11) is 1.37. The summed E-state index contributed by atoms with van der Waals surface area (Å²) >= 11 is 0. The maximum atomic E-state index is 12.7. The van der Waals surface area contributed by atoms with Crippen LogP contribution in [0.25, 0.3) is 0 Å². The van der Waals surface area contributed by atoms with Gasteiger partial charge in [0.2, 0.25) is 5.91 Å². The molecule has 0 saturated heterocycles. The van der Waals surface area contributed by atoms with E-state index in [4.69, 9.17) is 4.74 Å². The van der Waals surface area contributed by atoms with Gasteiger partial charge in [-0.2, -0.15) is 0 Å². The Labute approximate surface area is 154 Å². The minimum absolute atomic E-state index is 0.0729. The third kappa shape index (κ3) is 4.13. The van der Waals surface area contributed by atoms with E-state index in [-0.39, 0.29) is 23.8 Å². The van der Waals surface area contributed by atoms with Gasteiger partial charge in [0.1, 0.15) is 0 Å². The van der Waals surface area contributed by atoms with E-state index in [9.17, 15) is 9.59 Å². The summed E-state index contributed by atoms with van der Waals surface area (Å²) in [6.07, 6.45) is 3.82. The Kier molecular flexibility index (Phi) is 5.71. The van der Waals surface area contributed by atoms with Crippen molar-refractivity contribution < 1.29 is 14.3 Å². The highest BCUT2D eigenvalue weighted by Gasteiger charge is 2.23. The lowest BCUT2D eigenvalue weighted by Gasteiger charge is -2.27. The summed E-state index contributed by atoms with van der Waals surface area (Å²) in [5.74, 6) is -0.407. The van der Waals surface area contributed by atoms with E-state index in [1.807, 2.05) is 25.1 Å². The van der Waals surface area contributed by atoms with Crippen molar-refractivity contribution in [3.63, 3.8) is 0 Å². The maximum absolute atomic E-state index is 12.7. The summed E-state index contributed by atoms with van der Waals surface area (Å²) in [4.78, 5) is 24.2. The molecule has 136 valence electrons. The van der Waals surface area contributed by atoms with Crippen molar-refractivity contribution in [1.29, 1.82) is 0 Å². The van der Waals surface area contributed by atoms with Crippen LogP contribution >= 0.6 is 0 Å². The molecule has 0 heterocycles. The maximum Gasteiger partial charge on any atom is 0.337 e. The Morgan fingerprint density at radius 3 is 2.62 bits per heavy atom. The van der Waals surface area contributed by atoms with Gasteiger partial charge in [0.25, 0.3) is 0 Å². The molecule has 0 unspecified atom stereocenters. The minimum atomic E-state index is -0.349. The number of ether oxygens (including phenoxy) is 1. The highest BCUT2D eigenvalue weighted by Crippen LogP contribution is 2.29. The summed E-state index contributed by atoms with van der Waals surface area (Å²) in [6, 6.07) is 15.7. The van der Waals surface area contributed by atoms with Crippen LogP contribution in [0.3, 0.4) is 0 Å². The molecular weight excluding hydrogens is 326 g/mol. The average Bonchev–Trinajstić information content (AvgIpc) is 2.68. The Bertz CT molecular complexity index is 782. The number of hydrogen-bond donors (Lipinski definition) is 1. The topological polar surface area (TPSA) is 55.4 Å². The lowest BCUT2D eigenvalue weighted by molar-refractivity contribution is -0.125. The minimum Gasteiger partial charge on any atom is -0.465 e. The quantitative estimate of drug-likeness (QED) is 0.833. The molecular formula is C22H25NO3. The Hall–Kier alpha value is -2.62. The number of fused-ring (bicyclic) bond motifs is 1. The van der Waals surface area contributed by atoms with Gasteiger partial charge in [0.05, 0.1) is 18.7 Å². The van der Waals surface area contributed by atoms with E-state index in [2.05, 4.69) is 23.5 Å². The second-order valence-electron chi connectivity index (χ2n) is 6.95. The molecule has 1 aliphatic carbocycles. The molecule has 2 aromatic rings. The molecule has 1 amide bonds. The number of aryl methyl sites for hydroxylation is 1. The first-order chi connectivity index (χ1) is 12.6. The first kappa shape index (κ1) is 18.2. The van der Waals surface area contributed by atoms with Gasteiger partial charge >= 0.3 is 5.97 Å². The van der Waals surface area contributed by atoms with Gasteiger partial charge in [-0.05, 0) is 54.5 Å². The fourth-order valence-electron chi connectivity index (χ4n) is 3.56. The molecule has 0 aromatic heterocycles. The van der Waals surface area contributed by atoms with E-state index in [0.29, 0.717) is 12.0 Å². The molecule has 0 spiro atoms. The van der Waals surface area contributed by atoms with Crippen molar-refractivity contribution in [3.8, 4) is 0 Å². The number of carbonyl (C=O) groups excluding carboxylic acids is 2. The third-order valence-corrected chi connectivity index (χ3v) is 5.05. The normalized spacial score (nSPS) is 17.1. The SMILES string of the molecule is COC(=O)c1ccc(C[C@H](C)C(=O)N[C@@H]2CCCc3ccccc32)cc1. The van der Waals surface area contributed by atoms with E-state index in [1.165, 1.54) is 18.2 Å². The van der Waals surface area contributed by atoms with Gasteiger partial charge in [0, 0.05) is 5.92 Å². The Balaban J connectivity index is 1.61. The number of carbonyl (C=O) groups is 2. The molecule has 26 heavy (non-hydrogen) atoms. The van der Waals surface area contributed by atoms with Gasteiger partial charge in [-0.15, -0.1) is 0 Å². The van der Waals surface area contributed by atoms with Crippen LogP contribution in [0.2, 0.25) is 0 Å². The second-order valence-corrected chi connectivity index (χ2v) is 6.95. The van der Waals surface area contributed by atoms with Crippen LogP contribution in [0.4, 0.5) is 0 Å². The summed E-state index contributed by atoms with van der Waals surface area (Å²) in [5, 5.41) is 3.22. The number of rotatable bonds is 5. The van der Waals surface area contributed by atoms with Gasteiger partial charge < -0.3 is 10.1 Å². The zero-order valence-electron chi connectivity index (χ0n) is 15.3. The predicted molar refractivity (Wildman–Crippen MR) is 101 cm³/mol. The number of benzene rings is 2. The highest BCUT2D eigenvalue weighted by molar-refractivity contribution is 5.89. The van der Waals surface area contributed by atoms with Crippen LogP contribution in [0.5, 0.6) is 0 Å². The van der Waals surface area contributed by atoms with Crippen LogP contribution in [0.1, 0.15) is 52.9 Å². The molecule has 2 aromatic carbocycles. The Morgan fingerprint density at radius 2 is 1.88 bits per heavy atom. The van der Waals surface area contributed by atoms with Crippen molar-refractivity contribution in [2.45, 2.75) is 38.6 Å². The lowest BCUT2D eigenvalue weighted by Crippen LogP contribution is -2.35. The second kappa shape index (κ2) is 8.17. The molecule has 0 radical (unpaired) electrons. The zero-order chi connectivity index (χ0) is 18.5. The van der Waals surface area contributed by atoms with Crippen molar-refractivity contribution >= 4 is 11.9 Å². The van der Waals surface area contributed by atoms with E-state index in [0.717, 1.165) is 24.8 Å². The first-order valence-electron chi connectivity index (χ1n) is 9.14. The monoisotopic (exact) mass is 351 g/mol. The third-order valence-electron chi connectivity index (χ3n) is 5.05. The van der Waals surface area contributed by atoms with Crippen molar-refractivity contribution in [3.05, 3.63) is 70.8 Å². The van der Waals surface area contributed by atoms with Gasteiger partial charge in [-0.25, -0.2) is 4.79 Å². The molecule has 4 heteroatoms. The van der Waals surface area contributed by atoms with Gasteiger partial charge in [-0.3, -0.25) is 4.79 Å². The fraction of sp³-hybridized carbons (Fsp3) is 0.364. The van der Waals surface area contributed by atoms with Gasteiger partial charge in [-0.1, -0.05) is 43.3 Å². The summed E-state index contributed by atoms with van der Waals surface area (Å²) < 4.78 is 4.71. The van der Waals surface area contributed by atoms with Crippen LogP contribution in [0, 0.1) is 5.92 Å². The number of nitrogens with one attached hydrogen (secondary N) is 1. The van der Waals surface area contributed by atoms with Crippen LogP contribution in [-0.2, 0) is 22.4 Å². The molecule has 1 N–H and O–H groups in total. The molecule has 0 aliphatic heterocycles. The summed E-state index contributed by atoms with van der Waals surface area (Å²) in [6.45, 7) is 1.94. The number of hydrogen-bond acceptors (Lipinski definition) is 3. The molecule has 3 rings (SSSR count). The Morgan fingerprint density at radius 1 is 1.15 bits per heavy atom. The standard InChI is InChI=1S/C22H25NO3/c1-15(14-16-10-12-18(13-11-16)22(25)26-2)21(24)23-20-9-5-7-17-6-3-4-8-19(17)20/h3-4,6,8,10-13,15,20H,5,7,9,14H2,1-2H3,(H,23,24)/t15-,20+/m0/s1. The van der Waals surface area contributed by atoms with Crippen LogP contribution in [-0.4, -0.2) is 19.0 Å². The molecule has 0 fully saturated rings. The first-order valence-corrected chi connectivity index (χ1v) is 9.14. The molecule has 1 aliphatic rings. The predicted octanol–water partition coefficient (Wildman–Crippen LogP) is 3.85.